The zero-order chi connectivity index (χ0) is 13.3. The van der Waals surface area contributed by atoms with Crippen LogP contribution in [0, 0.1) is 0 Å². The molecule has 1 aromatic carbocycles. The number of ether oxygens (including phenoxy) is 1. The van der Waals surface area contributed by atoms with Gasteiger partial charge in [-0.25, -0.2) is 0 Å². The van der Waals surface area contributed by atoms with E-state index in [0.717, 1.165) is 11.9 Å². The Hall–Kier alpha value is -2.10. The van der Waals surface area contributed by atoms with Gasteiger partial charge in [-0.2, -0.15) is 0 Å². The smallest absolute Gasteiger partial charge is 0.268 e. The molecule has 1 heterocycles. The SMILES string of the molecule is C=C(C)CN1C(=O)C(C)Oc2ccc(C=O)cc21. The Morgan fingerprint density at radius 1 is 1.56 bits per heavy atom. The molecule has 1 aliphatic heterocycles. The molecule has 0 fully saturated rings. The zero-order valence-electron chi connectivity index (χ0n) is 10.5. The van der Waals surface area contributed by atoms with Gasteiger partial charge in [-0.1, -0.05) is 12.2 Å². The Morgan fingerprint density at radius 2 is 2.28 bits per heavy atom. The van der Waals surface area contributed by atoms with E-state index in [1.54, 1.807) is 30.0 Å². The maximum absolute atomic E-state index is 12.1. The van der Waals surface area contributed by atoms with Gasteiger partial charge in [0.15, 0.2) is 6.10 Å². The van der Waals surface area contributed by atoms with E-state index in [9.17, 15) is 9.59 Å². The van der Waals surface area contributed by atoms with E-state index in [2.05, 4.69) is 6.58 Å². The minimum atomic E-state index is -0.515. The number of rotatable bonds is 3. The summed E-state index contributed by atoms with van der Waals surface area (Å²) in [6, 6.07) is 5.05. The lowest BCUT2D eigenvalue weighted by Gasteiger charge is -2.33. The van der Waals surface area contributed by atoms with Crippen molar-refractivity contribution in [2.45, 2.75) is 20.0 Å². The van der Waals surface area contributed by atoms with E-state index in [-0.39, 0.29) is 5.91 Å². The number of carbonyl (C=O) groups excluding carboxylic acids is 2. The summed E-state index contributed by atoms with van der Waals surface area (Å²) in [7, 11) is 0. The lowest BCUT2D eigenvalue weighted by atomic mass is 10.1. The fourth-order valence-electron chi connectivity index (χ4n) is 1.93. The molecule has 4 heteroatoms. The number of amides is 1. The Bertz CT molecular complexity index is 522. The maximum atomic E-state index is 12.1. The summed E-state index contributed by atoms with van der Waals surface area (Å²) >= 11 is 0. The quantitative estimate of drug-likeness (QED) is 0.605. The van der Waals surface area contributed by atoms with Crippen LogP contribution >= 0.6 is 0 Å². The third kappa shape index (κ3) is 2.14. The molecule has 1 atom stereocenters. The molecule has 0 radical (unpaired) electrons. The van der Waals surface area contributed by atoms with Gasteiger partial charge in [0, 0.05) is 12.1 Å². The van der Waals surface area contributed by atoms with Crippen LogP contribution in [0.5, 0.6) is 5.75 Å². The summed E-state index contributed by atoms with van der Waals surface area (Å²) in [5.74, 6) is 0.502. The molecule has 0 aliphatic carbocycles. The first-order chi connectivity index (χ1) is 8.52. The first-order valence-corrected chi connectivity index (χ1v) is 5.74. The molecule has 18 heavy (non-hydrogen) atoms. The molecular formula is C14H15NO3. The highest BCUT2D eigenvalue weighted by atomic mass is 16.5. The first-order valence-electron chi connectivity index (χ1n) is 5.74. The average Bonchev–Trinajstić information content (AvgIpc) is 2.34. The van der Waals surface area contributed by atoms with Crippen molar-refractivity contribution < 1.29 is 14.3 Å². The van der Waals surface area contributed by atoms with E-state index in [1.165, 1.54) is 0 Å². The van der Waals surface area contributed by atoms with E-state index >= 15 is 0 Å². The second-order valence-corrected chi connectivity index (χ2v) is 4.49. The molecule has 2 rings (SSSR count). The predicted molar refractivity (Wildman–Crippen MR) is 69.1 cm³/mol. The van der Waals surface area contributed by atoms with Crippen molar-refractivity contribution in [3.8, 4) is 5.75 Å². The highest BCUT2D eigenvalue weighted by molar-refractivity contribution is 6.00. The summed E-state index contributed by atoms with van der Waals surface area (Å²) in [6.45, 7) is 7.82. The van der Waals surface area contributed by atoms with Crippen molar-refractivity contribution in [3.63, 3.8) is 0 Å². The summed E-state index contributed by atoms with van der Waals surface area (Å²) in [5, 5.41) is 0. The molecule has 0 N–H and O–H groups in total. The number of hydrogen-bond donors (Lipinski definition) is 0. The van der Waals surface area contributed by atoms with Crippen LogP contribution in [0.3, 0.4) is 0 Å². The van der Waals surface area contributed by atoms with Crippen molar-refractivity contribution in [3.05, 3.63) is 35.9 Å². The van der Waals surface area contributed by atoms with Gasteiger partial charge in [0.2, 0.25) is 0 Å². The number of aldehydes is 1. The van der Waals surface area contributed by atoms with Gasteiger partial charge in [-0.05, 0) is 32.0 Å². The minimum absolute atomic E-state index is 0.117. The van der Waals surface area contributed by atoms with Gasteiger partial charge in [0.05, 0.1) is 5.69 Å². The number of carbonyl (C=O) groups is 2. The zero-order valence-corrected chi connectivity index (χ0v) is 10.5. The van der Waals surface area contributed by atoms with Crippen molar-refractivity contribution >= 4 is 17.9 Å². The number of nitrogens with zero attached hydrogens (tertiary/aromatic N) is 1. The number of fused-ring (bicyclic) bond motifs is 1. The van der Waals surface area contributed by atoms with E-state index in [4.69, 9.17) is 4.74 Å². The molecule has 0 bridgehead atoms. The largest absolute Gasteiger partial charge is 0.479 e. The third-order valence-corrected chi connectivity index (χ3v) is 2.76. The van der Waals surface area contributed by atoms with Gasteiger partial charge >= 0.3 is 0 Å². The summed E-state index contributed by atoms with van der Waals surface area (Å²) in [4.78, 5) is 24.5. The molecule has 4 nitrogen and oxygen atoms in total. The van der Waals surface area contributed by atoms with Crippen molar-refractivity contribution in [1.29, 1.82) is 0 Å². The Morgan fingerprint density at radius 3 is 2.89 bits per heavy atom. The van der Waals surface area contributed by atoms with Crippen LogP contribution in [0.2, 0.25) is 0 Å². The molecule has 0 spiro atoms. The van der Waals surface area contributed by atoms with Gasteiger partial charge in [0.1, 0.15) is 12.0 Å². The van der Waals surface area contributed by atoms with Crippen LogP contribution in [-0.4, -0.2) is 24.8 Å². The third-order valence-electron chi connectivity index (χ3n) is 2.76. The second-order valence-electron chi connectivity index (χ2n) is 4.49. The molecule has 94 valence electrons. The average molecular weight is 245 g/mol. The molecule has 0 aromatic heterocycles. The number of benzene rings is 1. The van der Waals surface area contributed by atoms with Crippen molar-refractivity contribution in [1.82, 2.24) is 0 Å². The van der Waals surface area contributed by atoms with E-state index in [1.807, 2.05) is 6.92 Å². The topological polar surface area (TPSA) is 46.6 Å². The Kier molecular flexibility index (Phi) is 3.19. The van der Waals surface area contributed by atoms with Gasteiger partial charge in [0.25, 0.3) is 5.91 Å². The van der Waals surface area contributed by atoms with Crippen LogP contribution in [0.4, 0.5) is 5.69 Å². The number of hydrogen-bond acceptors (Lipinski definition) is 3. The molecular weight excluding hydrogens is 230 g/mol. The number of anilines is 1. The first kappa shape index (κ1) is 12.4. The predicted octanol–water partition coefficient (Wildman–Crippen LogP) is 2.19. The van der Waals surface area contributed by atoms with Crippen LogP contribution in [0.15, 0.2) is 30.4 Å². The van der Waals surface area contributed by atoms with Gasteiger partial charge < -0.3 is 9.64 Å². The van der Waals surface area contributed by atoms with Crippen LogP contribution in [-0.2, 0) is 4.79 Å². The molecule has 1 aliphatic rings. The Balaban J connectivity index is 2.49. The standard InChI is InChI=1S/C14H15NO3/c1-9(2)7-15-12-6-11(8-16)4-5-13(12)18-10(3)14(15)17/h4-6,8,10H,1,7H2,2-3H3. The summed E-state index contributed by atoms with van der Waals surface area (Å²) < 4.78 is 5.52. The van der Waals surface area contributed by atoms with Crippen LogP contribution in [0.25, 0.3) is 0 Å². The molecule has 1 aromatic rings. The maximum Gasteiger partial charge on any atom is 0.268 e. The fraction of sp³-hybridized carbons (Fsp3) is 0.286. The highest BCUT2D eigenvalue weighted by Gasteiger charge is 2.31. The Labute approximate surface area is 106 Å². The van der Waals surface area contributed by atoms with Crippen molar-refractivity contribution in [2.75, 3.05) is 11.4 Å². The molecule has 0 saturated carbocycles. The molecule has 0 saturated heterocycles. The highest BCUT2D eigenvalue weighted by Crippen LogP contribution is 2.34. The molecule has 1 unspecified atom stereocenters. The molecule has 1 amide bonds. The minimum Gasteiger partial charge on any atom is -0.479 e. The van der Waals surface area contributed by atoms with Crippen LogP contribution < -0.4 is 9.64 Å². The second kappa shape index (κ2) is 4.64. The lowest BCUT2D eigenvalue weighted by Crippen LogP contribution is -2.45. The monoisotopic (exact) mass is 245 g/mol. The van der Waals surface area contributed by atoms with E-state index < -0.39 is 6.10 Å². The van der Waals surface area contributed by atoms with Gasteiger partial charge in [-0.15, -0.1) is 0 Å². The van der Waals surface area contributed by atoms with Crippen LogP contribution in [0.1, 0.15) is 24.2 Å². The summed E-state index contributed by atoms with van der Waals surface area (Å²) in [5.41, 5.74) is 2.03. The van der Waals surface area contributed by atoms with Gasteiger partial charge in [-0.3, -0.25) is 9.59 Å². The lowest BCUT2D eigenvalue weighted by molar-refractivity contribution is -0.125. The summed E-state index contributed by atoms with van der Waals surface area (Å²) in [6.07, 6.45) is 0.237. The normalized spacial score (nSPS) is 18.0. The van der Waals surface area contributed by atoms with E-state index in [0.29, 0.717) is 23.5 Å². The van der Waals surface area contributed by atoms with Crippen molar-refractivity contribution in [2.24, 2.45) is 0 Å². The fourth-order valence-corrected chi connectivity index (χ4v) is 1.93.